The Hall–Kier alpha value is -3.62. The number of nitro benzene ring substituents is 1. The summed E-state index contributed by atoms with van der Waals surface area (Å²) in [4.78, 5) is 22.0. The molecular formula is C17H18N4O5. The zero-order valence-electron chi connectivity index (χ0n) is 14.2. The van der Waals surface area contributed by atoms with Crippen LogP contribution in [0.25, 0.3) is 0 Å². The minimum absolute atomic E-state index is 0.00928. The van der Waals surface area contributed by atoms with E-state index in [0.717, 1.165) is 23.5 Å². The molecule has 0 aliphatic carbocycles. The minimum atomic E-state index is -0.737. The molecule has 0 fully saturated rings. The minimum Gasteiger partial charge on any atom is -0.502 e. The molecule has 2 rings (SSSR count). The number of nitrogens with one attached hydrogen (secondary N) is 2. The molecule has 0 aliphatic heterocycles. The lowest BCUT2D eigenvalue weighted by atomic mass is 10.1. The number of methoxy groups -OCH3 is 1. The van der Waals surface area contributed by atoms with E-state index < -0.39 is 22.3 Å². The molecule has 9 heteroatoms. The standard InChI is InChI=1S/C17H18N4O5/c1-11-3-5-13(6-4-11)18-10-16(22)20-19-9-12-7-14(26-2)8-15(17(12)23)21(24)25/h3-9,18,23H,10H2,1-2H3,(H,20,22)/b19-9-. The number of carbonyl (C=O) groups is 1. The lowest BCUT2D eigenvalue weighted by molar-refractivity contribution is -0.385. The van der Waals surface area contributed by atoms with Crippen LogP contribution in [0.4, 0.5) is 11.4 Å². The first-order valence-electron chi connectivity index (χ1n) is 7.58. The Morgan fingerprint density at radius 3 is 2.65 bits per heavy atom. The molecule has 0 aliphatic rings. The van der Waals surface area contributed by atoms with Crippen molar-refractivity contribution in [2.45, 2.75) is 6.92 Å². The number of anilines is 1. The maximum absolute atomic E-state index is 11.8. The molecule has 9 nitrogen and oxygen atoms in total. The highest BCUT2D eigenvalue weighted by atomic mass is 16.6. The van der Waals surface area contributed by atoms with Crippen molar-refractivity contribution in [2.24, 2.45) is 5.10 Å². The number of benzene rings is 2. The fourth-order valence-corrected chi connectivity index (χ4v) is 2.04. The molecule has 26 heavy (non-hydrogen) atoms. The molecule has 0 unspecified atom stereocenters. The van der Waals surface area contributed by atoms with Gasteiger partial charge in [0.2, 0.25) is 5.75 Å². The van der Waals surface area contributed by atoms with Crippen molar-refractivity contribution in [3.8, 4) is 11.5 Å². The number of hydrogen-bond donors (Lipinski definition) is 3. The van der Waals surface area contributed by atoms with Gasteiger partial charge in [-0.25, -0.2) is 5.43 Å². The Kier molecular flexibility index (Phi) is 6.10. The van der Waals surface area contributed by atoms with Gasteiger partial charge < -0.3 is 15.2 Å². The summed E-state index contributed by atoms with van der Waals surface area (Å²) >= 11 is 0. The maximum atomic E-state index is 11.8. The average molecular weight is 358 g/mol. The first kappa shape index (κ1) is 18.7. The van der Waals surface area contributed by atoms with Gasteiger partial charge in [-0.2, -0.15) is 5.10 Å². The van der Waals surface area contributed by atoms with E-state index in [-0.39, 0.29) is 17.9 Å². The quantitative estimate of drug-likeness (QED) is 0.396. The van der Waals surface area contributed by atoms with Crippen molar-refractivity contribution < 1.29 is 19.6 Å². The Balaban J connectivity index is 1.99. The van der Waals surface area contributed by atoms with Gasteiger partial charge in [0.1, 0.15) is 5.75 Å². The summed E-state index contributed by atoms with van der Waals surface area (Å²) in [5, 5.41) is 27.5. The molecule has 0 bridgehead atoms. The number of rotatable bonds is 7. The van der Waals surface area contributed by atoms with Crippen LogP contribution in [0.5, 0.6) is 11.5 Å². The molecule has 0 saturated heterocycles. The third kappa shape index (κ3) is 4.94. The predicted octanol–water partition coefficient (Wildman–Crippen LogP) is 2.18. The van der Waals surface area contributed by atoms with Crippen LogP contribution in [0.15, 0.2) is 41.5 Å². The van der Waals surface area contributed by atoms with Gasteiger partial charge in [-0.05, 0) is 25.1 Å². The van der Waals surface area contributed by atoms with Crippen molar-refractivity contribution >= 4 is 23.5 Å². The molecule has 0 heterocycles. The number of phenolic OH excluding ortho intramolecular Hbond substituents is 1. The Morgan fingerprint density at radius 1 is 1.35 bits per heavy atom. The lowest BCUT2D eigenvalue weighted by Gasteiger charge is -2.06. The second kappa shape index (κ2) is 8.47. The molecule has 136 valence electrons. The van der Waals surface area contributed by atoms with Gasteiger partial charge in [-0.15, -0.1) is 0 Å². The third-order valence-corrected chi connectivity index (χ3v) is 3.42. The molecule has 0 spiro atoms. The number of aryl methyl sites for hydroxylation is 1. The van der Waals surface area contributed by atoms with Gasteiger partial charge in [-0.3, -0.25) is 14.9 Å². The Bertz CT molecular complexity index is 834. The third-order valence-electron chi connectivity index (χ3n) is 3.42. The molecule has 0 saturated carbocycles. The summed E-state index contributed by atoms with van der Waals surface area (Å²) < 4.78 is 4.95. The second-order valence-corrected chi connectivity index (χ2v) is 5.35. The number of phenols is 1. The van der Waals surface area contributed by atoms with Crippen LogP contribution < -0.4 is 15.5 Å². The normalized spacial score (nSPS) is 10.5. The van der Waals surface area contributed by atoms with E-state index in [1.807, 2.05) is 31.2 Å². The van der Waals surface area contributed by atoms with E-state index in [4.69, 9.17) is 4.74 Å². The smallest absolute Gasteiger partial charge is 0.315 e. The summed E-state index contributed by atoms with van der Waals surface area (Å²) in [6.45, 7) is 1.95. The van der Waals surface area contributed by atoms with Crippen LogP contribution in [-0.4, -0.2) is 35.8 Å². The molecule has 0 atom stereocenters. The SMILES string of the molecule is COc1cc(/C=N\NC(=O)CNc2ccc(C)cc2)c(O)c([N+](=O)[O-])c1. The molecular weight excluding hydrogens is 340 g/mol. The fraction of sp³-hybridized carbons (Fsp3) is 0.176. The Morgan fingerprint density at radius 2 is 2.04 bits per heavy atom. The van der Waals surface area contributed by atoms with E-state index >= 15 is 0 Å². The number of aromatic hydroxyl groups is 1. The molecule has 3 N–H and O–H groups in total. The number of hydrazone groups is 1. The van der Waals surface area contributed by atoms with E-state index in [1.165, 1.54) is 13.2 Å². The summed E-state index contributed by atoms with van der Waals surface area (Å²) in [6, 6.07) is 9.98. The maximum Gasteiger partial charge on any atom is 0.315 e. The second-order valence-electron chi connectivity index (χ2n) is 5.35. The van der Waals surface area contributed by atoms with Crippen LogP contribution in [0, 0.1) is 17.0 Å². The summed E-state index contributed by atoms with van der Waals surface area (Å²) in [7, 11) is 1.34. The van der Waals surface area contributed by atoms with Crippen molar-refractivity contribution in [2.75, 3.05) is 19.0 Å². The number of hydrogen-bond acceptors (Lipinski definition) is 7. The van der Waals surface area contributed by atoms with Crippen LogP contribution >= 0.6 is 0 Å². The van der Waals surface area contributed by atoms with Gasteiger partial charge in [0.05, 0.1) is 30.9 Å². The van der Waals surface area contributed by atoms with Gasteiger partial charge in [-0.1, -0.05) is 17.7 Å². The number of carbonyl (C=O) groups excluding carboxylic acids is 1. The highest BCUT2D eigenvalue weighted by Crippen LogP contribution is 2.33. The summed E-state index contributed by atoms with van der Waals surface area (Å²) in [6.07, 6.45) is 1.11. The first-order valence-corrected chi connectivity index (χ1v) is 7.58. The van der Waals surface area contributed by atoms with E-state index in [9.17, 15) is 20.0 Å². The molecule has 0 aromatic heterocycles. The highest BCUT2D eigenvalue weighted by molar-refractivity contribution is 5.88. The van der Waals surface area contributed by atoms with Crippen molar-refractivity contribution in [3.63, 3.8) is 0 Å². The summed E-state index contributed by atoms with van der Waals surface area (Å²) in [5.74, 6) is -0.798. The van der Waals surface area contributed by atoms with Crippen LogP contribution in [-0.2, 0) is 4.79 Å². The van der Waals surface area contributed by atoms with E-state index in [2.05, 4.69) is 15.8 Å². The van der Waals surface area contributed by atoms with Crippen molar-refractivity contribution in [1.82, 2.24) is 5.43 Å². The van der Waals surface area contributed by atoms with E-state index in [1.54, 1.807) is 0 Å². The number of amides is 1. The molecule has 2 aromatic carbocycles. The van der Waals surface area contributed by atoms with Crippen LogP contribution in [0.1, 0.15) is 11.1 Å². The topological polar surface area (TPSA) is 126 Å². The van der Waals surface area contributed by atoms with E-state index in [0.29, 0.717) is 0 Å². The van der Waals surface area contributed by atoms with Crippen molar-refractivity contribution in [3.05, 3.63) is 57.6 Å². The number of nitrogens with zero attached hydrogens (tertiary/aromatic N) is 2. The zero-order chi connectivity index (χ0) is 19.1. The van der Waals surface area contributed by atoms with Crippen LogP contribution in [0.3, 0.4) is 0 Å². The molecule has 2 aromatic rings. The fourth-order valence-electron chi connectivity index (χ4n) is 2.04. The monoisotopic (exact) mass is 358 g/mol. The van der Waals surface area contributed by atoms with Crippen LogP contribution in [0.2, 0.25) is 0 Å². The lowest BCUT2D eigenvalue weighted by Crippen LogP contribution is -2.25. The van der Waals surface area contributed by atoms with Gasteiger partial charge in [0.15, 0.2) is 0 Å². The van der Waals surface area contributed by atoms with Crippen molar-refractivity contribution in [1.29, 1.82) is 0 Å². The molecule has 0 radical (unpaired) electrons. The van der Waals surface area contributed by atoms with Gasteiger partial charge in [0, 0.05) is 11.3 Å². The highest BCUT2D eigenvalue weighted by Gasteiger charge is 2.18. The zero-order valence-corrected chi connectivity index (χ0v) is 14.2. The summed E-state index contributed by atoms with van der Waals surface area (Å²) in [5.41, 5.74) is 3.70. The number of nitro groups is 1. The number of ether oxygens (including phenoxy) is 1. The Labute approximate surface area is 149 Å². The van der Waals surface area contributed by atoms with Gasteiger partial charge >= 0.3 is 5.69 Å². The molecule has 1 amide bonds. The predicted molar refractivity (Wildman–Crippen MR) is 96.7 cm³/mol. The van der Waals surface area contributed by atoms with Gasteiger partial charge in [0.25, 0.3) is 5.91 Å². The first-order chi connectivity index (χ1) is 12.4. The average Bonchev–Trinajstić information content (AvgIpc) is 2.62. The largest absolute Gasteiger partial charge is 0.502 e.